The van der Waals surface area contributed by atoms with Crippen molar-refractivity contribution < 1.29 is 4.79 Å². The van der Waals surface area contributed by atoms with E-state index in [1.54, 1.807) is 0 Å². The van der Waals surface area contributed by atoms with E-state index in [0.717, 1.165) is 38.9 Å². The van der Waals surface area contributed by atoms with Crippen LogP contribution in [0.2, 0.25) is 0 Å². The molecule has 1 aliphatic heterocycles. The second-order valence-corrected chi connectivity index (χ2v) is 5.46. The zero-order valence-corrected chi connectivity index (χ0v) is 11.1. The largest absolute Gasteiger partial charge is 0.338 e. The molecular weight excluding hydrogens is 212 g/mol. The van der Waals surface area contributed by atoms with E-state index in [0.29, 0.717) is 17.9 Å². The fourth-order valence-corrected chi connectivity index (χ4v) is 3.26. The molecule has 1 saturated heterocycles. The number of amides is 1. The number of hydrogen-bond acceptors (Lipinski definition) is 2. The molecule has 2 aliphatic rings. The Balaban J connectivity index is 1.94. The molecule has 0 aromatic carbocycles. The molecule has 0 aromatic rings. The summed E-state index contributed by atoms with van der Waals surface area (Å²) in [5.41, 5.74) is 0. The van der Waals surface area contributed by atoms with Crippen molar-refractivity contribution in [3.63, 3.8) is 0 Å². The van der Waals surface area contributed by atoms with E-state index in [4.69, 9.17) is 0 Å². The Morgan fingerprint density at radius 2 is 1.88 bits per heavy atom. The Morgan fingerprint density at radius 1 is 1.18 bits per heavy atom. The zero-order chi connectivity index (χ0) is 12.1. The molecular formula is C14H26N2O. The molecule has 1 amide bonds. The lowest BCUT2D eigenvalue weighted by molar-refractivity contribution is -0.137. The average Bonchev–Trinajstić information content (AvgIpc) is 2.72. The van der Waals surface area contributed by atoms with Crippen LogP contribution < -0.4 is 5.32 Å². The molecule has 1 atom stereocenters. The van der Waals surface area contributed by atoms with Crippen LogP contribution in [0.3, 0.4) is 0 Å². The summed E-state index contributed by atoms with van der Waals surface area (Å²) in [6.45, 7) is 5.06. The molecule has 17 heavy (non-hydrogen) atoms. The van der Waals surface area contributed by atoms with Crippen molar-refractivity contribution >= 4 is 5.91 Å². The van der Waals surface area contributed by atoms with Gasteiger partial charge in [0.15, 0.2) is 0 Å². The molecule has 1 N–H and O–H groups in total. The highest BCUT2D eigenvalue weighted by Crippen LogP contribution is 2.25. The van der Waals surface area contributed by atoms with Crippen LogP contribution in [0.1, 0.15) is 51.9 Å². The van der Waals surface area contributed by atoms with Gasteiger partial charge < -0.3 is 10.2 Å². The van der Waals surface area contributed by atoms with Gasteiger partial charge in [-0.25, -0.2) is 0 Å². The van der Waals surface area contributed by atoms with Gasteiger partial charge in [-0.3, -0.25) is 4.79 Å². The van der Waals surface area contributed by atoms with Crippen LogP contribution in [-0.2, 0) is 4.79 Å². The molecule has 98 valence electrons. The second kappa shape index (κ2) is 6.39. The molecule has 1 aliphatic carbocycles. The first-order chi connectivity index (χ1) is 8.33. The Morgan fingerprint density at radius 3 is 2.41 bits per heavy atom. The SMILES string of the molecule is CCN(C(=O)C1CCCCCC1)C1CCNC1. The maximum absolute atomic E-state index is 12.6. The van der Waals surface area contributed by atoms with Crippen molar-refractivity contribution in [1.82, 2.24) is 10.2 Å². The maximum Gasteiger partial charge on any atom is 0.225 e. The van der Waals surface area contributed by atoms with Gasteiger partial charge in [-0.15, -0.1) is 0 Å². The third kappa shape index (κ3) is 3.21. The van der Waals surface area contributed by atoms with E-state index >= 15 is 0 Å². The molecule has 2 fully saturated rings. The van der Waals surface area contributed by atoms with E-state index in [-0.39, 0.29) is 0 Å². The van der Waals surface area contributed by atoms with Gasteiger partial charge in [-0.2, -0.15) is 0 Å². The molecule has 2 rings (SSSR count). The first-order valence-corrected chi connectivity index (χ1v) is 7.34. The summed E-state index contributed by atoms with van der Waals surface area (Å²) in [6, 6.07) is 0.454. The Kier molecular flexibility index (Phi) is 4.84. The highest BCUT2D eigenvalue weighted by molar-refractivity contribution is 5.79. The fourth-order valence-electron chi connectivity index (χ4n) is 3.26. The van der Waals surface area contributed by atoms with Crippen LogP contribution in [0, 0.1) is 5.92 Å². The summed E-state index contributed by atoms with van der Waals surface area (Å²) >= 11 is 0. The molecule has 1 unspecified atom stereocenters. The van der Waals surface area contributed by atoms with Crippen molar-refractivity contribution in [1.29, 1.82) is 0 Å². The van der Waals surface area contributed by atoms with Crippen LogP contribution >= 0.6 is 0 Å². The van der Waals surface area contributed by atoms with E-state index in [2.05, 4.69) is 17.1 Å². The Bertz CT molecular complexity index is 241. The van der Waals surface area contributed by atoms with E-state index in [1.807, 2.05) is 0 Å². The molecule has 3 nitrogen and oxygen atoms in total. The number of carbonyl (C=O) groups is 1. The molecule has 3 heteroatoms. The van der Waals surface area contributed by atoms with Crippen molar-refractivity contribution in [2.24, 2.45) is 5.92 Å². The van der Waals surface area contributed by atoms with Crippen molar-refractivity contribution in [2.75, 3.05) is 19.6 Å². The Labute approximate surface area is 105 Å². The topological polar surface area (TPSA) is 32.3 Å². The third-order valence-corrected chi connectivity index (χ3v) is 4.30. The molecule has 1 saturated carbocycles. The van der Waals surface area contributed by atoms with Gasteiger partial charge in [0.1, 0.15) is 0 Å². The summed E-state index contributed by atoms with van der Waals surface area (Å²) in [5.74, 6) is 0.751. The van der Waals surface area contributed by atoms with Gasteiger partial charge in [-0.1, -0.05) is 25.7 Å². The third-order valence-electron chi connectivity index (χ3n) is 4.30. The van der Waals surface area contributed by atoms with Crippen LogP contribution in [0.4, 0.5) is 0 Å². The molecule has 0 aromatic heterocycles. The quantitative estimate of drug-likeness (QED) is 0.764. The smallest absolute Gasteiger partial charge is 0.225 e. The fraction of sp³-hybridized carbons (Fsp3) is 0.929. The standard InChI is InChI=1S/C14H26N2O/c1-2-16(13-9-10-15-11-13)14(17)12-7-5-3-4-6-8-12/h12-13,15H,2-11H2,1H3. The number of nitrogens with one attached hydrogen (secondary N) is 1. The predicted molar refractivity (Wildman–Crippen MR) is 69.9 cm³/mol. The zero-order valence-electron chi connectivity index (χ0n) is 11.1. The van der Waals surface area contributed by atoms with Crippen molar-refractivity contribution in [3.05, 3.63) is 0 Å². The lowest BCUT2D eigenvalue weighted by Gasteiger charge is -2.30. The first kappa shape index (κ1) is 12.9. The molecule has 0 spiro atoms. The minimum Gasteiger partial charge on any atom is -0.338 e. The molecule has 0 radical (unpaired) electrons. The number of nitrogens with zero attached hydrogens (tertiary/aromatic N) is 1. The van der Waals surface area contributed by atoms with Crippen LogP contribution in [-0.4, -0.2) is 36.5 Å². The van der Waals surface area contributed by atoms with Crippen LogP contribution in [0.5, 0.6) is 0 Å². The minimum absolute atomic E-state index is 0.318. The summed E-state index contributed by atoms with van der Waals surface area (Å²) in [6.07, 6.45) is 8.51. The van der Waals surface area contributed by atoms with E-state index in [1.165, 1.54) is 25.7 Å². The summed E-state index contributed by atoms with van der Waals surface area (Å²) < 4.78 is 0. The lowest BCUT2D eigenvalue weighted by Crippen LogP contribution is -2.44. The highest BCUT2D eigenvalue weighted by atomic mass is 16.2. The van der Waals surface area contributed by atoms with Gasteiger partial charge in [0.25, 0.3) is 0 Å². The summed E-state index contributed by atoms with van der Waals surface area (Å²) in [4.78, 5) is 14.7. The van der Waals surface area contributed by atoms with E-state index < -0.39 is 0 Å². The number of rotatable bonds is 3. The summed E-state index contributed by atoms with van der Waals surface area (Å²) in [5, 5.41) is 3.36. The average molecular weight is 238 g/mol. The van der Waals surface area contributed by atoms with Gasteiger partial charge in [0.2, 0.25) is 5.91 Å². The van der Waals surface area contributed by atoms with Crippen molar-refractivity contribution in [2.45, 2.75) is 57.9 Å². The van der Waals surface area contributed by atoms with Crippen LogP contribution in [0.25, 0.3) is 0 Å². The Hall–Kier alpha value is -0.570. The maximum atomic E-state index is 12.6. The number of likely N-dealkylation sites (N-methyl/N-ethyl adjacent to an activating group) is 1. The number of hydrogen-bond donors (Lipinski definition) is 1. The van der Waals surface area contributed by atoms with Gasteiger partial charge >= 0.3 is 0 Å². The first-order valence-electron chi connectivity index (χ1n) is 7.34. The predicted octanol–water partition coefficient (Wildman–Crippen LogP) is 2.17. The second-order valence-electron chi connectivity index (χ2n) is 5.46. The van der Waals surface area contributed by atoms with E-state index in [9.17, 15) is 4.79 Å². The molecule has 0 bridgehead atoms. The molecule has 1 heterocycles. The van der Waals surface area contributed by atoms with Crippen LogP contribution in [0.15, 0.2) is 0 Å². The minimum atomic E-state index is 0.318. The monoisotopic (exact) mass is 238 g/mol. The normalized spacial score (nSPS) is 26.8. The lowest BCUT2D eigenvalue weighted by atomic mass is 9.97. The summed E-state index contributed by atoms with van der Waals surface area (Å²) in [7, 11) is 0. The van der Waals surface area contributed by atoms with Gasteiger partial charge in [0, 0.05) is 25.0 Å². The van der Waals surface area contributed by atoms with Gasteiger partial charge in [0.05, 0.1) is 0 Å². The number of carbonyl (C=O) groups excluding carboxylic acids is 1. The van der Waals surface area contributed by atoms with Crippen molar-refractivity contribution in [3.8, 4) is 0 Å². The van der Waals surface area contributed by atoms with Gasteiger partial charge in [-0.05, 0) is 32.7 Å². The highest BCUT2D eigenvalue weighted by Gasteiger charge is 2.30.